The molecule has 0 amide bonds. The van der Waals surface area contributed by atoms with Crippen molar-refractivity contribution in [3.05, 3.63) is 83.9 Å². The molecule has 3 aromatic carbocycles. The Labute approximate surface area is 135 Å². The van der Waals surface area contributed by atoms with Gasteiger partial charge in [0.2, 0.25) is 6.79 Å². The lowest BCUT2D eigenvalue weighted by molar-refractivity contribution is 0.174. The third-order valence-corrected chi connectivity index (χ3v) is 3.88. The van der Waals surface area contributed by atoms with Gasteiger partial charge in [-0.05, 0) is 34.4 Å². The molecule has 23 heavy (non-hydrogen) atoms. The summed E-state index contributed by atoms with van der Waals surface area (Å²) in [5, 5.41) is 0. The lowest BCUT2D eigenvalue weighted by Crippen LogP contribution is -1.92. The first-order chi connectivity index (χ1) is 11.4. The van der Waals surface area contributed by atoms with Crippen LogP contribution in [0.4, 0.5) is 0 Å². The molecule has 0 radical (unpaired) electrons. The van der Waals surface area contributed by atoms with Gasteiger partial charge < -0.3 is 9.47 Å². The normalized spacial score (nSPS) is 12.7. The van der Waals surface area contributed by atoms with Crippen molar-refractivity contribution in [3.8, 4) is 22.6 Å². The zero-order chi connectivity index (χ0) is 15.5. The minimum atomic E-state index is 0.309. The first-order valence-corrected chi connectivity index (χ1v) is 7.62. The van der Waals surface area contributed by atoms with Crippen LogP contribution in [-0.4, -0.2) is 6.79 Å². The molecule has 2 nitrogen and oxygen atoms in total. The van der Waals surface area contributed by atoms with Crippen LogP contribution in [-0.2, 0) is 0 Å². The van der Waals surface area contributed by atoms with Crippen LogP contribution in [0.5, 0.6) is 11.5 Å². The van der Waals surface area contributed by atoms with Gasteiger partial charge in [0, 0.05) is 0 Å². The van der Waals surface area contributed by atoms with Gasteiger partial charge in [0.05, 0.1) is 0 Å². The van der Waals surface area contributed by atoms with Gasteiger partial charge in [-0.2, -0.15) is 0 Å². The maximum Gasteiger partial charge on any atom is 0.231 e. The molecular weight excluding hydrogens is 284 g/mol. The summed E-state index contributed by atoms with van der Waals surface area (Å²) < 4.78 is 10.7. The molecule has 0 saturated heterocycles. The molecule has 0 saturated carbocycles. The average molecular weight is 300 g/mol. The molecule has 1 heterocycles. The molecule has 1 aliphatic rings. The van der Waals surface area contributed by atoms with E-state index in [0.717, 1.165) is 17.1 Å². The molecule has 0 aromatic heterocycles. The maximum atomic E-state index is 5.40. The number of benzene rings is 3. The van der Waals surface area contributed by atoms with Crippen molar-refractivity contribution in [1.82, 2.24) is 0 Å². The standard InChI is InChI=1S/C21H16O2/c1-2-4-18(5-3-1)19-11-8-16(9-12-19)6-7-17-10-13-20-21(14-17)23-15-22-20/h1-14H,15H2/b7-6+. The number of rotatable bonds is 3. The molecule has 0 spiro atoms. The fraction of sp³-hybridized carbons (Fsp3) is 0.0476. The number of fused-ring (bicyclic) bond motifs is 1. The molecule has 0 aliphatic carbocycles. The van der Waals surface area contributed by atoms with Crippen molar-refractivity contribution in [1.29, 1.82) is 0 Å². The Morgan fingerprint density at radius 2 is 1.26 bits per heavy atom. The highest BCUT2D eigenvalue weighted by Gasteiger charge is 2.12. The van der Waals surface area contributed by atoms with Gasteiger partial charge >= 0.3 is 0 Å². The van der Waals surface area contributed by atoms with E-state index in [4.69, 9.17) is 9.47 Å². The molecule has 1 aliphatic heterocycles. The van der Waals surface area contributed by atoms with E-state index in [1.165, 1.54) is 16.7 Å². The summed E-state index contributed by atoms with van der Waals surface area (Å²) >= 11 is 0. The van der Waals surface area contributed by atoms with Crippen molar-refractivity contribution < 1.29 is 9.47 Å². The quantitative estimate of drug-likeness (QED) is 0.615. The predicted octanol–water partition coefficient (Wildman–Crippen LogP) is 5.25. The zero-order valence-electron chi connectivity index (χ0n) is 12.6. The average Bonchev–Trinajstić information content (AvgIpc) is 3.09. The largest absolute Gasteiger partial charge is 0.454 e. The minimum Gasteiger partial charge on any atom is -0.454 e. The van der Waals surface area contributed by atoms with Gasteiger partial charge in [-0.1, -0.05) is 72.8 Å². The Bertz CT molecular complexity index is 833. The van der Waals surface area contributed by atoms with Crippen LogP contribution in [0.2, 0.25) is 0 Å². The van der Waals surface area contributed by atoms with E-state index in [1.54, 1.807) is 0 Å². The van der Waals surface area contributed by atoms with Gasteiger partial charge in [0.25, 0.3) is 0 Å². The van der Waals surface area contributed by atoms with Crippen molar-refractivity contribution in [2.45, 2.75) is 0 Å². The first-order valence-electron chi connectivity index (χ1n) is 7.62. The number of hydrogen-bond acceptors (Lipinski definition) is 2. The van der Waals surface area contributed by atoms with E-state index in [1.807, 2.05) is 24.3 Å². The van der Waals surface area contributed by atoms with Crippen LogP contribution < -0.4 is 9.47 Å². The molecular formula is C21H16O2. The maximum absolute atomic E-state index is 5.40. The van der Waals surface area contributed by atoms with E-state index < -0.39 is 0 Å². The Hall–Kier alpha value is -3.00. The van der Waals surface area contributed by atoms with Gasteiger partial charge in [-0.15, -0.1) is 0 Å². The van der Waals surface area contributed by atoms with Crippen LogP contribution in [0.15, 0.2) is 72.8 Å². The molecule has 3 aromatic rings. The van der Waals surface area contributed by atoms with Crippen molar-refractivity contribution in [2.75, 3.05) is 6.79 Å². The summed E-state index contributed by atoms with van der Waals surface area (Å²) in [6.45, 7) is 0.309. The topological polar surface area (TPSA) is 18.5 Å². The van der Waals surface area contributed by atoms with Crippen molar-refractivity contribution in [3.63, 3.8) is 0 Å². The summed E-state index contributed by atoms with van der Waals surface area (Å²) in [5.41, 5.74) is 4.73. The molecule has 2 heteroatoms. The van der Waals surface area contributed by atoms with Crippen LogP contribution in [0, 0.1) is 0 Å². The summed E-state index contributed by atoms with van der Waals surface area (Å²) in [6.07, 6.45) is 4.19. The van der Waals surface area contributed by atoms with E-state index in [2.05, 4.69) is 60.7 Å². The molecule has 0 unspecified atom stereocenters. The van der Waals surface area contributed by atoms with E-state index >= 15 is 0 Å². The fourth-order valence-corrected chi connectivity index (χ4v) is 2.63. The Morgan fingerprint density at radius 1 is 0.609 bits per heavy atom. The van der Waals surface area contributed by atoms with Gasteiger partial charge in [0.15, 0.2) is 11.5 Å². The molecule has 0 N–H and O–H groups in total. The van der Waals surface area contributed by atoms with Crippen molar-refractivity contribution in [2.24, 2.45) is 0 Å². The number of ether oxygens (including phenoxy) is 2. The lowest BCUT2D eigenvalue weighted by Gasteiger charge is -2.02. The minimum absolute atomic E-state index is 0.309. The second-order valence-electron chi connectivity index (χ2n) is 5.43. The molecule has 0 bridgehead atoms. The van der Waals surface area contributed by atoms with Crippen LogP contribution in [0.3, 0.4) is 0 Å². The Balaban J connectivity index is 1.53. The van der Waals surface area contributed by atoms with Gasteiger partial charge in [-0.25, -0.2) is 0 Å². The molecule has 112 valence electrons. The van der Waals surface area contributed by atoms with E-state index in [-0.39, 0.29) is 0 Å². The first kappa shape index (κ1) is 13.6. The van der Waals surface area contributed by atoms with Gasteiger partial charge in [-0.3, -0.25) is 0 Å². The Kier molecular flexibility index (Phi) is 3.57. The summed E-state index contributed by atoms with van der Waals surface area (Å²) in [4.78, 5) is 0. The predicted molar refractivity (Wildman–Crippen MR) is 93.4 cm³/mol. The highest BCUT2D eigenvalue weighted by Crippen LogP contribution is 2.33. The second kappa shape index (κ2) is 6.01. The molecule has 4 rings (SSSR count). The summed E-state index contributed by atoms with van der Waals surface area (Å²) in [6, 6.07) is 24.9. The fourth-order valence-electron chi connectivity index (χ4n) is 2.63. The van der Waals surface area contributed by atoms with Crippen LogP contribution >= 0.6 is 0 Å². The van der Waals surface area contributed by atoms with E-state index in [9.17, 15) is 0 Å². The zero-order valence-corrected chi connectivity index (χ0v) is 12.6. The van der Waals surface area contributed by atoms with Crippen LogP contribution in [0.25, 0.3) is 23.3 Å². The van der Waals surface area contributed by atoms with Crippen molar-refractivity contribution >= 4 is 12.2 Å². The molecule has 0 atom stereocenters. The highest BCUT2D eigenvalue weighted by molar-refractivity contribution is 5.73. The Morgan fingerprint density at radius 3 is 2.09 bits per heavy atom. The third kappa shape index (κ3) is 2.97. The monoisotopic (exact) mass is 300 g/mol. The van der Waals surface area contributed by atoms with Gasteiger partial charge in [0.1, 0.15) is 0 Å². The number of hydrogen-bond donors (Lipinski definition) is 0. The highest BCUT2D eigenvalue weighted by atomic mass is 16.7. The van der Waals surface area contributed by atoms with Crippen LogP contribution in [0.1, 0.15) is 11.1 Å². The SMILES string of the molecule is C(=C\c1ccc2c(c1)OCO2)/c1ccc(-c2ccccc2)cc1. The lowest BCUT2D eigenvalue weighted by atomic mass is 10.0. The second-order valence-corrected chi connectivity index (χ2v) is 5.43. The smallest absolute Gasteiger partial charge is 0.231 e. The summed E-state index contributed by atoms with van der Waals surface area (Å²) in [7, 11) is 0. The van der Waals surface area contributed by atoms with E-state index in [0.29, 0.717) is 6.79 Å². The summed E-state index contributed by atoms with van der Waals surface area (Å²) in [5.74, 6) is 1.63. The molecule has 0 fully saturated rings. The third-order valence-electron chi connectivity index (χ3n) is 3.88.